The Kier molecular flexibility index (Phi) is 3.78. The average molecular weight is 241 g/mol. The fourth-order valence-electron chi connectivity index (χ4n) is 3.03. The van der Waals surface area contributed by atoms with Gasteiger partial charge >= 0.3 is 0 Å². The van der Waals surface area contributed by atoms with E-state index in [4.69, 9.17) is 5.73 Å². The molecule has 4 heteroatoms. The fraction of sp³-hybridized carbons (Fsp3) is 1.00. The van der Waals surface area contributed by atoms with Crippen LogP contribution in [0, 0.1) is 5.92 Å². The number of aliphatic hydroxyl groups is 1. The SMILES string of the molecule is CC1CN(CC(N)(CO)C2CC2)CC(C)N1C. The first-order valence-electron chi connectivity index (χ1n) is 6.80. The minimum Gasteiger partial charge on any atom is -0.394 e. The minimum atomic E-state index is -0.366. The Morgan fingerprint density at radius 1 is 1.24 bits per heavy atom. The molecule has 0 aromatic rings. The molecule has 2 aliphatic rings. The lowest BCUT2D eigenvalue weighted by molar-refractivity contribution is 0.0321. The largest absolute Gasteiger partial charge is 0.394 e. The Morgan fingerprint density at radius 3 is 2.18 bits per heavy atom. The van der Waals surface area contributed by atoms with Crippen molar-refractivity contribution in [3.63, 3.8) is 0 Å². The second-order valence-electron chi connectivity index (χ2n) is 6.22. The Morgan fingerprint density at radius 2 is 1.76 bits per heavy atom. The fourth-order valence-corrected chi connectivity index (χ4v) is 3.03. The molecule has 0 spiro atoms. The number of likely N-dealkylation sites (N-methyl/N-ethyl adjacent to an activating group) is 1. The van der Waals surface area contributed by atoms with Gasteiger partial charge in [0, 0.05) is 31.7 Å². The third kappa shape index (κ3) is 2.81. The molecule has 4 nitrogen and oxygen atoms in total. The van der Waals surface area contributed by atoms with Crippen LogP contribution in [0.3, 0.4) is 0 Å². The molecule has 1 heterocycles. The van der Waals surface area contributed by atoms with Crippen molar-refractivity contribution in [2.24, 2.45) is 11.7 Å². The summed E-state index contributed by atoms with van der Waals surface area (Å²) in [6, 6.07) is 1.14. The molecule has 1 saturated carbocycles. The summed E-state index contributed by atoms with van der Waals surface area (Å²) in [7, 11) is 2.19. The number of hydrogen-bond acceptors (Lipinski definition) is 4. The summed E-state index contributed by atoms with van der Waals surface area (Å²) >= 11 is 0. The van der Waals surface area contributed by atoms with Gasteiger partial charge in [0.1, 0.15) is 0 Å². The van der Waals surface area contributed by atoms with Crippen LogP contribution in [0.1, 0.15) is 26.7 Å². The Hall–Kier alpha value is -0.160. The normalized spacial score (nSPS) is 35.8. The maximum Gasteiger partial charge on any atom is 0.0626 e. The third-order valence-electron chi connectivity index (χ3n) is 4.64. The molecule has 0 aromatic carbocycles. The molecule has 3 N–H and O–H groups in total. The Bertz CT molecular complexity index is 257. The van der Waals surface area contributed by atoms with Gasteiger partial charge in [-0.25, -0.2) is 0 Å². The molecule has 2 fully saturated rings. The smallest absolute Gasteiger partial charge is 0.0626 e. The topological polar surface area (TPSA) is 52.7 Å². The van der Waals surface area contributed by atoms with Crippen LogP contribution >= 0.6 is 0 Å². The van der Waals surface area contributed by atoms with Crippen molar-refractivity contribution in [1.82, 2.24) is 9.80 Å². The van der Waals surface area contributed by atoms with E-state index < -0.39 is 0 Å². The highest BCUT2D eigenvalue weighted by atomic mass is 16.3. The number of nitrogens with zero attached hydrogens (tertiary/aromatic N) is 2. The van der Waals surface area contributed by atoms with E-state index >= 15 is 0 Å². The van der Waals surface area contributed by atoms with Crippen LogP contribution in [0.4, 0.5) is 0 Å². The van der Waals surface area contributed by atoms with Gasteiger partial charge in [-0.3, -0.25) is 9.80 Å². The van der Waals surface area contributed by atoms with E-state index in [-0.39, 0.29) is 12.1 Å². The number of piperazine rings is 1. The summed E-state index contributed by atoms with van der Waals surface area (Å²) < 4.78 is 0. The van der Waals surface area contributed by atoms with E-state index in [1.54, 1.807) is 0 Å². The molecule has 3 unspecified atom stereocenters. The molecular weight excluding hydrogens is 214 g/mol. The van der Waals surface area contributed by atoms with Crippen LogP contribution < -0.4 is 5.73 Å². The van der Waals surface area contributed by atoms with E-state index in [1.165, 1.54) is 12.8 Å². The number of hydrogen-bond donors (Lipinski definition) is 2. The van der Waals surface area contributed by atoms with Crippen molar-refractivity contribution in [1.29, 1.82) is 0 Å². The van der Waals surface area contributed by atoms with E-state index in [0.29, 0.717) is 18.0 Å². The summed E-state index contributed by atoms with van der Waals surface area (Å²) in [6.45, 7) is 7.61. The van der Waals surface area contributed by atoms with Gasteiger partial charge in [0.25, 0.3) is 0 Å². The monoisotopic (exact) mass is 241 g/mol. The summed E-state index contributed by atoms with van der Waals surface area (Å²) in [6.07, 6.45) is 2.38. The lowest BCUT2D eigenvalue weighted by Crippen LogP contribution is -2.61. The van der Waals surface area contributed by atoms with Crippen molar-refractivity contribution >= 4 is 0 Å². The van der Waals surface area contributed by atoms with Crippen molar-refractivity contribution in [2.45, 2.75) is 44.3 Å². The van der Waals surface area contributed by atoms with Gasteiger partial charge in [-0.15, -0.1) is 0 Å². The first kappa shape index (κ1) is 13.3. The molecule has 1 aliphatic heterocycles. The van der Waals surface area contributed by atoms with Gasteiger partial charge in [-0.1, -0.05) is 0 Å². The first-order chi connectivity index (χ1) is 7.96. The zero-order chi connectivity index (χ0) is 12.6. The van der Waals surface area contributed by atoms with Crippen LogP contribution in [0.15, 0.2) is 0 Å². The van der Waals surface area contributed by atoms with Crippen LogP contribution in [0.5, 0.6) is 0 Å². The predicted octanol–water partition coefficient (Wildman–Crippen LogP) is 0.111. The molecule has 1 aliphatic carbocycles. The first-order valence-corrected chi connectivity index (χ1v) is 6.80. The molecule has 2 rings (SSSR count). The summed E-state index contributed by atoms with van der Waals surface area (Å²) in [5.41, 5.74) is 5.99. The summed E-state index contributed by atoms with van der Waals surface area (Å²) in [5.74, 6) is 0.540. The van der Waals surface area contributed by atoms with Crippen molar-refractivity contribution in [3.05, 3.63) is 0 Å². The van der Waals surface area contributed by atoms with Crippen LogP contribution in [-0.2, 0) is 0 Å². The van der Waals surface area contributed by atoms with Crippen molar-refractivity contribution in [3.8, 4) is 0 Å². The molecule has 0 radical (unpaired) electrons. The highest BCUT2D eigenvalue weighted by molar-refractivity contribution is 5.01. The van der Waals surface area contributed by atoms with E-state index in [2.05, 4.69) is 30.7 Å². The van der Waals surface area contributed by atoms with Crippen molar-refractivity contribution < 1.29 is 5.11 Å². The zero-order valence-electron chi connectivity index (χ0n) is 11.4. The molecule has 0 aromatic heterocycles. The third-order valence-corrected chi connectivity index (χ3v) is 4.64. The molecule has 100 valence electrons. The van der Waals surface area contributed by atoms with E-state index in [1.807, 2.05) is 0 Å². The average Bonchev–Trinajstić information content (AvgIpc) is 3.09. The quantitative estimate of drug-likeness (QED) is 0.733. The summed E-state index contributed by atoms with van der Waals surface area (Å²) in [4.78, 5) is 4.86. The standard InChI is InChI=1S/C13H27N3O/c1-10-6-16(7-11(2)15(10)3)8-13(14,9-17)12-4-5-12/h10-12,17H,4-9,14H2,1-3H3. The predicted molar refractivity (Wildman–Crippen MR) is 69.9 cm³/mol. The van der Waals surface area contributed by atoms with Crippen molar-refractivity contribution in [2.75, 3.05) is 33.3 Å². The van der Waals surface area contributed by atoms with Gasteiger partial charge in [0.05, 0.1) is 12.1 Å². The van der Waals surface area contributed by atoms with E-state index in [0.717, 1.165) is 19.6 Å². The zero-order valence-corrected chi connectivity index (χ0v) is 11.4. The minimum absolute atomic E-state index is 0.118. The van der Waals surface area contributed by atoms with Crippen LogP contribution in [0.2, 0.25) is 0 Å². The maximum atomic E-state index is 9.55. The molecule has 3 atom stereocenters. The Balaban J connectivity index is 1.94. The number of nitrogens with two attached hydrogens (primary N) is 1. The Labute approximate surface area is 105 Å². The van der Waals surface area contributed by atoms with E-state index in [9.17, 15) is 5.11 Å². The van der Waals surface area contributed by atoms with Gasteiger partial charge in [0.15, 0.2) is 0 Å². The lowest BCUT2D eigenvalue weighted by atomic mass is 9.93. The highest BCUT2D eigenvalue weighted by Gasteiger charge is 2.43. The van der Waals surface area contributed by atoms with Crippen LogP contribution in [-0.4, -0.2) is 65.8 Å². The molecular formula is C13H27N3O. The molecule has 0 bridgehead atoms. The maximum absolute atomic E-state index is 9.55. The molecule has 17 heavy (non-hydrogen) atoms. The summed E-state index contributed by atoms with van der Waals surface area (Å²) in [5, 5.41) is 9.55. The molecule has 0 amide bonds. The number of aliphatic hydroxyl groups excluding tert-OH is 1. The second kappa shape index (κ2) is 4.84. The molecule has 1 saturated heterocycles. The highest BCUT2D eigenvalue weighted by Crippen LogP contribution is 2.38. The number of rotatable bonds is 4. The van der Waals surface area contributed by atoms with Gasteiger partial charge in [-0.2, -0.15) is 0 Å². The van der Waals surface area contributed by atoms with Gasteiger partial charge in [0.2, 0.25) is 0 Å². The van der Waals surface area contributed by atoms with Gasteiger partial charge < -0.3 is 10.8 Å². The lowest BCUT2D eigenvalue weighted by Gasteiger charge is -2.45. The van der Waals surface area contributed by atoms with Crippen LogP contribution in [0.25, 0.3) is 0 Å². The second-order valence-corrected chi connectivity index (χ2v) is 6.22. The van der Waals surface area contributed by atoms with Gasteiger partial charge in [-0.05, 0) is 39.7 Å².